The maximum atomic E-state index is 13.1. The van der Waals surface area contributed by atoms with E-state index in [0.717, 1.165) is 11.1 Å². The van der Waals surface area contributed by atoms with E-state index in [2.05, 4.69) is 5.32 Å². The summed E-state index contributed by atoms with van der Waals surface area (Å²) in [6.07, 6.45) is 3.30. The van der Waals surface area contributed by atoms with Crippen LogP contribution in [0.15, 0.2) is 41.2 Å². The number of furan rings is 1. The van der Waals surface area contributed by atoms with E-state index >= 15 is 0 Å². The van der Waals surface area contributed by atoms with Crippen LogP contribution in [-0.2, 0) is 13.1 Å². The zero-order valence-electron chi connectivity index (χ0n) is 8.74. The van der Waals surface area contributed by atoms with Gasteiger partial charge in [0.25, 0.3) is 0 Å². The molecule has 4 heteroatoms. The molecule has 0 spiro atoms. The van der Waals surface area contributed by atoms with E-state index in [0.29, 0.717) is 13.1 Å². The molecule has 0 saturated carbocycles. The maximum Gasteiger partial charge on any atom is 0.146 e. The van der Waals surface area contributed by atoms with Crippen molar-refractivity contribution in [3.63, 3.8) is 0 Å². The molecular formula is C12H13FN2O. The number of nitrogen functional groups attached to an aromatic ring is 1. The summed E-state index contributed by atoms with van der Waals surface area (Å²) in [5, 5.41) is 3.18. The highest BCUT2D eigenvalue weighted by Gasteiger charge is 2.00. The Morgan fingerprint density at radius 1 is 1.19 bits per heavy atom. The van der Waals surface area contributed by atoms with E-state index in [4.69, 9.17) is 10.2 Å². The number of nitrogens with two attached hydrogens (primary N) is 1. The number of rotatable bonds is 4. The molecule has 0 atom stereocenters. The maximum absolute atomic E-state index is 13.1. The van der Waals surface area contributed by atoms with Gasteiger partial charge in [-0.15, -0.1) is 0 Å². The Bertz CT molecular complexity index is 454. The summed E-state index contributed by atoms with van der Waals surface area (Å²) in [7, 11) is 0. The van der Waals surface area contributed by atoms with Crippen molar-refractivity contribution in [1.29, 1.82) is 0 Å². The highest BCUT2D eigenvalue weighted by molar-refractivity contribution is 5.41. The molecule has 3 nitrogen and oxygen atoms in total. The normalized spacial score (nSPS) is 10.6. The van der Waals surface area contributed by atoms with Crippen LogP contribution in [0.3, 0.4) is 0 Å². The zero-order valence-corrected chi connectivity index (χ0v) is 8.74. The molecule has 0 aliphatic heterocycles. The molecule has 0 radical (unpaired) electrons. The average molecular weight is 220 g/mol. The molecular weight excluding hydrogens is 207 g/mol. The van der Waals surface area contributed by atoms with Crippen molar-refractivity contribution >= 4 is 5.69 Å². The van der Waals surface area contributed by atoms with Crippen molar-refractivity contribution in [2.45, 2.75) is 13.1 Å². The minimum Gasteiger partial charge on any atom is -0.472 e. The summed E-state index contributed by atoms with van der Waals surface area (Å²) >= 11 is 0. The second kappa shape index (κ2) is 4.81. The Morgan fingerprint density at radius 3 is 2.69 bits per heavy atom. The van der Waals surface area contributed by atoms with Crippen molar-refractivity contribution < 1.29 is 8.81 Å². The summed E-state index contributed by atoms with van der Waals surface area (Å²) < 4.78 is 18.0. The van der Waals surface area contributed by atoms with E-state index in [-0.39, 0.29) is 11.5 Å². The van der Waals surface area contributed by atoms with Crippen molar-refractivity contribution in [1.82, 2.24) is 5.32 Å². The Balaban J connectivity index is 1.87. The highest BCUT2D eigenvalue weighted by atomic mass is 19.1. The summed E-state index contributed by atoms with van der Waals surface area (Å²) in [6.45, 7) is 1.30. The van der Waals surface area contributed by atoms with Gasteiger partial charge in [0.05, 0.1) is 18.2 Å². The van der Waals surface area contributed by atoms with Crippen LogP contribution >= 0.6 is 0 Å². The van der Waals surface area contributed by atoms with Gasteiger partial charge in [-0.05, 0) is 23.8 Å². The third-order valence-corrected chi connectivity index (χ3v) is 2.30. The minimum atomic E-state index is -0.373. The molecule has 0 aliphatic carbocycles. The molecule has 1 aromatic heterocycles. The van der Waals surface area contributed by atoms with Gasteiger partial charge in [0.1, 0.15) is 5.82 Å². The van der Waals surface area contributed by atoms with Crippen LogP contribution in [0.2, 0.25) is 0 Å². The zero-order chi connectivity index (χ0) is 11.4. The van der Waals surface area contributed by atoms with Crippen LogP contribution in [0.5, 0.6) is 0 Å². The molecule has 0 saturated heterocycles. The van der Waals surface area contributed by atoms with Crippen LogP contribution in [0, 0.1) is 5.82 Å². The SMILES string of the molecule is Nc1ccc(CNCc2ccoc2)cc1F. The summed E-state index contributed by atoms with van der Waals surface area (Å²) in [4.78, 5) is 0. The fourth-order valence-electron chi connectivity index (χ4n) is 1.43. The van der Waals surface area contributed by atoms with Gasteiger partial charge >= 0.3 is 0 Å². The monoisotopic (exact) mass is 220 g/mol. The topological polar surface area (TPSA) is 51.2 Å². The van der Waals surface area contributed by atoms with Crippen molar-refractivity contribution in [3.05, 3.63) is 53.7 Å². The Labute approximate surface area is 93.1 Å². The average Bonchev–Trinajstić information content (AvgIpc) is 2.76. The van der Waals surface area contributed by atoms with E-state index in [1.54, 1.807) is 24.7 Å². The van der Waals surface area contributed by atoms with Crippen LogP contribution in [0.1, 0.15) is 11.1 Å². The molecule has 0 aliphatic rings. The summed E-state index contributed by atoms with van der Waals surface area (Å²) in [5.41, 5.74) is 7.50. The molecule has 16 heavy (non-hydrogen) atoms. The Morgan fingerprint density at radius 2 is 2.00 bits per heavy atom. The van der Waals surface area contributed by atoms with Crippen LogP contribution in [0.25, 0.3) is 0 Å². The van der Waals surface area contributed by atoms with Gasteiger partial charge in [0.2, 0.25) is 0 Å². The molecule has 2 aromatic rings. The second-order valence-electron chi connectivity index (χ2n) is 3.59. The quantitative estimate of drug-likeness (QED) is 0.777. The molecule has 2 rings (SSSR count). The highest BCUT2D eigenvalue weighted by Crippen LogP contribution is 2.11. The molecule has 0 amide bonds. The van der Waals surface area contributed by atoms with Crippen LogP contribution in [-0.4, -0.2) is 0 Å². The molecule has 3 N–H and O–H groups in total. The minimum absolute atomic E-state index is 0.179. The first-order valence-corrected chi connectivity index (χ1v) is 5.01. The molecule has 0 bridgehead atoms. The van der Waals surface area contributed by atoms with Gasteiger partial charge in [-0.25, -0.2) is 4.39 Å². The summed E-state index contributed by atoms with van der Waals surface area (Å²) in [5.74, 6) is -0.373. The molecule has 84 valence electrons. The largest absolute Gasteiger partial charge is 0.472 e. The van der Waals surface area contributed by atoms with Gasteiger partial charge in [0.15, 0.2) is 0 Å². The lowest BCUT2D eigenvalue weighted by Crippen LogP contribution is -2.12. The van der Waals surface area contributed by atoms with E-state index in [1.807, 2.05) is 6.07 Å². The predicted molar refractivity (Wildman–Crippen MR) is 60.1 cm³/mol. The van der Waals surface area contributed by atoms with Gasteiger partial charge < -0.3 is 15.5 Å². The predicted octanol–water partition coefficient (Wildman–Crippen LogP) is 2.29. The standard InChI is InChI=1S/C12H13FN2O/c13-11-5-9(1-2-12(11)14)6-15-7-10-3-4-16-8-10/h1-5,8,15H,6-7,14H2. The summed E-state index contributed by atoms with van der Waals surface area (Å²) in [6, 6.07) is 6.71. The molecule has 1 aromatic carbocycles. The third kappa shape index (κ3) is 2.61. The molecule has 0 unspecified atom stereocenters. The number of hydrogen-bond donors (Lipinski definition) is 2. The van der Waals surface area contributed by atoms with Crippen molar-refractivity contribution in [2.24, 2.45) is 0 Å². The fourth-order valence-corrected chi connectivity index (χ4v) is 1.43. The third-order valence-electron chi connectivity index (χ3n) is 2.30. The van der Waals surface area contributed by atoms with Gasteiger partial charge in [0, 0.05) is 18.7 Å². The van der Waals surface area contributed by atoms with Crippen molar-refractivity contribution in [3.8, 4) is 0 Å². The van der Waals surface area contributed by atoms with E-state index in [1.165, 1.54) is 6.07 Å². The van der Waals surface area contributed by atoms with Gasteiger partial charge in [-0.1, -0.05) is 6.07 Å². The number of benzene rings is 1. The van der Waals surface area contributed by atoms with Gasteiger partial charge in [-0.2, -0.15) is 0 Å². The van der Waals surface area contributed by atoms with E-state index in [9.17, 15) is 4.39 Å². The first-order chi connectivity index (χ1) is 7.75. The Hall–Kier alpha value is -1.81. The number of nitrogens with one attached hydrogen (secondary N) is 1. The fraction of sp³-hybridized carbons (Fsp3) is 0.167. The lowest BCUT2D eigenvalue weighted by Gasteiger charge is -2.04. The van der Waals surface area contributed by atoms with Gasteiger partial charge in [-0.3, -0.25) is 0 Å². The molecule has 0 fully saturated rings. The second-order valence-corrected chi connectivity index (χ2v) is 3.59. The van der Waals surface area contributed by atoms with E-state index < -0.39 is 0 Å². The molecule has 1 heterocycles. The lowest BCUT2D eigenvalue weighted by molar-refractivity contribution is 0.560. The first-order valence-electron chi connectivity index (χ1n) is 5.01. The number of hydrogen-bond acceptors (Lipinski definition) is 3. The van der Waals surface area contributed by atoms with Crippen LogP contribution in [0.4, 0.5) is 10.1 Å². The van der Waals surface area contributed by atoms with Crippen LogP contribution < -0.4 is 11.1 Å². The number of anilines is 1. The number of halogens is 1. The lowest BCUT2D eigenvalue weighted by atomic mass is 10.2. The van der Waals surface area contributed by atoms with Crippen molar-refractivity contribution in [2.75, 3.05) is 5.73 Å². The smallest absolute Gasteiger partial charge is 0.146 e. The Kier molecular flexibility index (Phi) is 3.22. The first kappa shape index (κ1) is 10.7.